The maximum absolute atomic E-state index is 12.6. The lowest BCUT2D eigenvalue weighted by molar-refractivity contribution is -0.132. The Balaban J connectivity index is 3.65. The highest BCUT2D eigenvalue weighted by molar-refractivity contribution is 5.80. The van der Waals surface area contributed by atoms with Gasteiger partial charge in [-0.3, -0.25) is 4.79 Å². The topological polar surface area (TPSA) is 110 Å². The summed E-state index contributed by atoms with van der Waals surface area (Å²) in [5.41, 5.74) is 0. The molecule has 0 saturated carbocycles. The summed E-state index contributed by atoms with van der Waals surface area (Å²) in [6, 6.07) is -0.998. The molecule has 4 unspecified atom stereocenters. The molecule has 6 nitrogen and oxygen atoms in total. The van der Waals surface area contributed by atoms with E-state index < -0.39 is 36.9 Å². The third kappa shape index (κ3) is 42.4. The first-order valence-electron chi connectivity index (χ1n) is 27.1. The number of nitrogens with one attached hydrogen (secondary N) is 1. The van der Waals surface area contributed by atoms with Crippen molar-refractivity contribution in [1.82, 2.24) is 5.32 Å². The number of carbonyl (C=O) groups excluding carboxylic acids is 1. The summed E-state index contributed by atoms with van der Waals surface area (Å²) >= 11 is 0. The van der Waals surface area contributed by atoms with Crippen molar-refractivity contribution in [2.24, 2.45) is 0 Å². The lowest BCUT2D eigenvalue weighted by atomic mass is 10.00. The second kappa shape index (κ2) is 49.1. The van der Waals surface area contributed by atoms with Gasteiger partial charge in [0, 0.05) is 0 Å². The molecule has 0 radical (unpaired) electrons. The van der Waals surface area contributed by atoms with Gasteiger partial charge in [0.25, 0.3) is 0 Å². The van der Waals surface area contributed by atoms with Crippen LogP contribution in [0.25, 0.3) is 0 Å². The molecule has 0 spiro atoms. The average molecular weight is 850 g/mol. The van der Waals surface area contributed by atoms with Gasteiger partial charge in [-0.1, -0.05) is 270 Å². The van der Waals surface area contributed by atoms with Crippen LogP contribution in [-0.2, 0) is 4.79 Å². The molecule has 0 bridgehead atoms. The maximum Gasteiger partial charge on any atom is 0.249 e. The van der Waals surface area contributed by atoms with Crippen molar-refractivity contribution in [1.29, 1.82) is 0 Å². The molecule has 0 aliphatic rings. The molecule has 358 valence electrons. The highest BCUT2D eigenvalue weighted by Gasteiger charge is 2.28. The molecule has 0 fully saturated rings. The molecule has 0 heterocycles. The Hall–Kier alpha value is -0.950. The smallest absolute Gasteiger partial charge is 0.249 e. The molecule has 0 rings (SSSR count). The SMILES string of the molecule is CCCCCCCCCCCCCCCCCCCC/C=C/CCCC(O)C(O)C(CO)NC(=O)C(O)CCCCCCCCCCCCCCCCCCCCCCC. The summed E-state index contributed by atoms with van der Waals surface area (Å²) in [7, 11) is 0. The van der Waals surface area contributed by atoms with Crippen LogP contribution in [0, 0.1) is 0 Å². The van der Waals surface area contributed by atoms with Gasteiger partial charge in [0.1, 0.15) is 12.2 Å². The molecular weight excluding hydrogens is 743 g/mol. The Labute approximate surface area is 374 Å². The van der Waals surface area contributed by atoms with Gasteiger partial charge in [0.2, 0.25) is 5.91 Å². The van der Waals surface area contributed by atoms with E-state index in [-0.39, 0.29) is 0 Å². The summed E-state index contributed by atoms with van der Waals surface area (Å²) in [5, 5.41) is 43.9. The minimum Gasteiger partial charge on any atom is -0.394 e. The molecule has 1 amide bonds. The maximum atomic E-state index is 12.6. The number of hydrogen-bond donors (Lipinski definition) is 5. The molecule has 0 aromatic heterocycles. The lowest BCUT2D eigenvalue weighted by Gasteiger charge is -2.27. The monoisotopic (exact) mass is 850 g/mol. The second-order valence-electron chi connectivity index (χ2n) is 18.9. The van der Waals surface area contributed by atoms with E-state index in [4.69, 9.17) is 0 Å². The fourth-order valence-electron chi connectivity index (χ4n) is 8.70. The normalized spacial score (nSPS) is 13.9. The Morgan fingerprint density at radius 2 is 0.683 bits per heavy atom. The van der Waals surface area contributed by atoms with E-state index in [2.05, 4.69) is 31.3 Å². The van der Waals surface area contributed by atoms with Crippen molar-refractivity contribution in [2.75, 3.05) is 6.61 Å². The van der Waals surface area contributed by atoms with Crippen LogP contribution >= 0.6 is 0 Å². The molecule has 0 aliphatic carbocycles. The van der Waals surface area contributed by atoms with Crippen LogP contribution in [0.4, 0.5) is 0 Å². The van der Waals surface area contributed by atoms with E-state index in [1.165, 1.54) is 231 Å². The van der Waals surface area contributed by atoms with Gasteiger partial charge in [-0.2, -0.15) is 0 Å². The van der Waals surface area contributed by atoms with Crippen molar-refractivity contribution < 1.29 is 25.2 Å². The van der Waals surface area contributed by atoms with Gasteiger partial charge >= 0.3 is 0 Å². The number of aliphatic hydroxyl groups is 4. The number of carbonyl (C=O) groups is 1. The van der Waals surface area contributed by atoms with Crippen molar-refractivity contribution in [3.8, 4) is 0 Å². The highest BCUT2D eigenvalue weighted by Crippen LogP contribution is 2.18. The number of unbranched alkanes of at least 4 members (excludes halogenated alkanes) is 39. The highest BCUT2D eigenvalue weighted by atomic mass is 16.3. The molecule has 4 atom stereocenters. The van der Waals surface area contributed by atoms with Crippen LogP contribution < -0.4 is 5.32 Å². The summed E-state index contributed by atoms with van der Waals surface area (Å²) in [6.07, 6.45) is 57.0. The van der Waals surface area contributed by atoms with E-state index >= 15 is 0 Å². The quantitative estimate of drug-likeness (QED) is 0.0309. The molecule has 0 aromatic carbocycles. The van der Waals surface area contributed by atoms with Gasteiger partial charge in [-0.25, -0.2) is 0 Å². The third-order valence-corrected chi connectivity index (χ3v) is 13.0. The number of allylic oxidation sites excluding steroid dienone is 2. The first kappa shape index (κ1) is 59.0. The zero-order valence-electron chi connectivity index (χ0n) is 40.5. The van der Waals surface area contributed by atoms with E-state index in [1.54, 1.807) is 0 Å². The Morgan fingerprint density at radius 1 is 0.400 bits per heavy atom. The van der Waals surface area contributed by atoms with Crippen LogP contribution in [0.15, 0.2) is 12.2 Å². The fourth-order valence-corrected chi connectivity index (χ4v) is 8.70. The van der Waals surface area contributed by atoms with Gasteiger partial charge in [0.15, 0.2) is 0 Å². The summed E-state index contributed by atoms with van der Waals surface area (Å²) in [5.74, 6) is -0.587. The zero-order valence-corrected chi connectivity index (χ0v) is 40.5. The van der Waals surface area contributed by atoms with Crippen molar-refractivity contribution in [3.63, 3.8) is 0 Å². The minimum atomic E-state index is -1.28. The van der Waals surface area contributed by atoms with E-state index in [1.807, 2.05) is 0 Å². The second-order valence-corrected chi connectivity index (χ2v) is 18.9. The number of hydrogen-bond acceptors (Lipinski definition) is 5. The summed E-state index contributed by atoms with van der Waals surface area (Å²) in [6.45, 7) is 4.08. The minimum absolute atomic E-state index is 0.369. The number of rotatable bonds is 50. The Bertz CT molecular complexity index is 867. The molecular formula is C54H107NO5. The van der Waals surface area contributed by atoms with E-state index in [0.29, 0.717) is 12.8 Å². The number of amides is 1. The molecule has 0 saturated heterocycles. The first-order valence-corrected chi connectivity index (χ1v) is 27.1. The fraction of sp³-hybridized carbons (Fsp3) is 0.944. The van der Waals surface area contributed by atoms with E-state index in [0.717, 1.165) is 38.5 Å². The summed E-state index contributed by atoms with van der Waals surface area (Å²) in [4.78, 5) is 12.6. The van der Waals surface area contributed by atoms with Crippen molar-refractivity contribution >= 4 is 5.91 Å². The molecule has 0 aliphatic heterocycles. The predicted molar refractivity (Wildman–Crippen MR) is 261 cm³/mol. The molecule has 5 N–H and O–H groups in total. The van der Waals surface area contributed by atoms with Gasteiger partial charge in [-0.15, -0.1) is 0 Å². The Kier molecular flexibility index (Phi) is 48.3. The number of aliphatic hydroxyl groups excluding tert-OH is 4. The standard InChI is InChI=1S/C54H107NO5/c1-3-5-7-9-11-13-15-17-19-21-23-25-26-28-29-31-33-35-37-39-41-43-45-47-51(57)53(59)50(49-56)55-54(60)52(58)48-46-44-42-40-38-36-34-32-30-27-24-22-20-18-16-14-12-10-8-6-4-2/h39,41,50-53,56-59H,3-38,40,42-49H2,1-2H3,(H,55,60)/b41-39+. The summed E-state index contributed by atoms with van der Waals surface area (Å²) < 4.78 is 0. The van der Waals surface area contributed by atoms with Crippen LogP contribution in [0.1, 0.15) is 296 Å². The molecule has 60 heavy (non-hydrogen) atoms. The zero-order chi connectivity index (χ0) is 43.8. The molecule has 0 aromatic rings. The van der Waals surface area contributed by atoms with Crippen LogP contribution in [-0.4, -0.2) is 57.3 Å². The van der Waals surface area contributed by atoms with Crippen LogP contribution in [0.5, 0.6) is 0 Å². The van der Waals surface area contributed by atoms with E-state index in [9.17, 15) is 25.2 Å². The van der Waals surface area contributed by atoms with Gasteiger partial charge in [-0.05, 0) is 38.5 Å². The largest absolute Gasteiger partial charge is 0.394 e. The van der Waals surface area contributed by atoms with Crippen LogP contribution in [0.2, 0.25) is 0 Å². The third-order valence-electron chi connectivity index (χ3n) is 13.0. The Morgan fingerprint density at radius 3 is 1.00 bits per heavy atom. The van der Waals surface area contributed by atoms with Crippen LogP contribution in [0.3, 0.4) is 0 Å². The van der Waals surface area contributed by atoms with Crippen molar-refractivity contribution in [2.45, 2.75) is 321 Å². The lowest BCUT2D eigenvalue weighted by Crippen LogP contribution is -2.53. The van der Waals surface area contributed by atoms with Gasteiger partial charge in [0.05, 0.1) is 18.8 Å². The van der Waals surface area contributed by atoms with Crippen molar-refractivity contribution in [3.05, 3.63) is 12.2 Å². The average Bonchev–Trinajstić information content (AvgIpc) is 3.25. The first-order chi connectivity index (χ1) is 29.5. The van der Waals surface area contributed by atoms with Gasteiger partial charge < -0.3 is 25.7 Å². The predicted octanol–water partition coefficient (Wildman–Crippen LogP) is 15.3. The molecule has 6 heteroatoms.